The van der Waals surface area contributed by atoms with E-state index in [1.807, 2.05) is 0 Å². The fraction of sp³-hybridized carbons (Fsp3) is 0.250. The van der Waals surface area contributed by atoms with Gasteiger partial charge in [-0.05, 0) is 17.4 Å². The zero-order chi connectivity index (χ0) is 7.84. The molecule has 7 nitrogen and oxygen atoms in total. The van der Waals surface area contributed by atoms with Crippen LogP contribution in [-0.2, 0) is 0 Å². The highest BCUT2D eigenvalue weighted by atomic mass is 15.5. The Morgan fingerprint density at radius 2 is 2.09 bits per heavy atom. The van der Waals surface area contributed by atoms with Crippen LogP contribution in [0.2, 0.25) is 0 Å². The number of aryl methyl sites for hydroxylation is 1. The van der Waals surface area contributed by atoms with Gasteiger partial charge in [-0.15, -0.1) is 15.3 Å². The maximum Gasteiger partial charge on any atom is 0.223 e. The first-order valence-corrected chi connectivity index (χ1v) is 2.96. The van der Waals surface area contributed by atoms with E-state index in [0.29, 0.717) is 11.5 Å². The topological polar surface area (TPSA) is 94.9 Å². The Hall–Kier alpha value is -1.79. The van der Waals surface area contributed by atoms with Crippen molar-refractivity contribution < 1.29 is 0 Å². The van der Waals surface area contributed by atoms with Crippen molar-refractivity contribution in [2.24, 2.45) is 0 Å². The normalized spacial score (nSPS) is 10.6. The number of nitrogens with zero attached hydrogens (tertiary/aromatic N) is 6. The van der Waals surface area contributed by atoms with Crippen LogP contribution in [0.1, 0.15) is 5.82 Å². The van der Waals surface area contributed by atoms with Crippen LogP contribution in [0.15, 0.2) is 0 Å². The number of hydrogen-bond acceptors (Lipinski definition) is 6. The predicted octanol–water partition coefficient (Wildman–Crippen LogP) is -1.20. The number of aromatic nitrogens is 6. The molecule has 0 aliphatic carbocycles. The monoisotopic (exact) mass is 151 g/mol. The molecule has 0 aliphatic rings. The van der Waals surface area contributed by atoms with E-state index >= 15 is 0 Å². The van der Waals surface area contributed by atoms with Crippen LogP contribution < -0.4 is 5.73 Å². The van der Waals surface area contributed by atoms with E-state index in [1.165, 1.54) is 4.52 Å². The lowest BCUT2D eigenvalue weighted by Crippen LogP contribution is -2.04. The Morgan fingerprint density at radius 3 is 2.82 bits per heavy atom. The smallest absolute Gasteiger partial charge is 0.223 e. The number of hydrogen-bond donors (Lipinski definition) is 1. The Labute approximate surface area is 61.2 Å². The fourth-order valence-corrected chi connectivity index (χ4v) is 0.777. The quantitative estimate of drug-likeness (QED) is 0.508. The third-order valence-corrected chi connectivity index (χ3v) is 1.31. The summed E-state index contributed by atoms with van der Waals surface area (Å²) in [5, 5.41) is 18.1. The van der Waals surface area contributed by atoms with Gasteiger partial charge in [0.15, 0.2) is 11.6 Å². The third kappa shape index (κ3) is 0.704. The van der Waals surface area contributed by atoms with Gasteiger partial charge >= 0.3 is 0 Å². The zero-order valence-electron chi connectivity index (χ0n) is 5.76. The summed E-state index contributed by atoms with van der Waals surface area (Å²) in [6.07, 6.45) is 0. The van der Waals surface area contributed by atoms with Crippen molar-refractivity contribution >= 4 is 11.5 Å². The van der Waals surface area contributed by atoms with Crippen molar-refractivity contribution in [3.8, 4) is 0 Å². The SMILES string of the molecule is Cc1nnc2c(N)nnnn12. The molecule has 0 aliphatic heterocycles. The first kappa shape index (κ1) is 5.96. The molecule has 56 valence electrons. The summed E-state index contributed by atoms with van der Waals surface area (Å²) in [4.78, 5) is 0. The Kier molecular flexibility index (Phi) is 0.999. The second-order valence-electron chi connectivity index (χ2n) is 2.05. The molecule has 0 bridgehead atoms. The maximum absolute atomic E-state index is 5.43. The molecule has 2 N–H and O–H groups in total. The summed E-state index contributed by atoms with van der Waals surface area (Å²) < 4.78 is 1.43. The summed E-state index contributed by atoms with van der Waals surface area (Å²) in [7, 11) is 0. The number of anilines is 1. The third-order valence-electron chi connectivity index (χ3n) is 1.31. The molecule has 2 rings (SSSR count). The molecule has 0 unspecified atom stereocenters. The van der Waals surface area contributed by atoms with Gasteiger partial charge in [-0.3, -0.25) is 0 Å². The Morgan fingerprint density at radius 1 is 1.27 bits per heavy atom. The second kappa shape index (κ2) is 1.84. The van der Waals surface area contributed by atoms with Gasteiger partial charge in [0, 0.05) is 0 Å². The number of nitrogens with two attached hydrogens (primary N) is 1. The lowest BCUT2D eigenvalue weighted by atomic mass is 10.7. The minimum atomic E-state index is 0.237. The Balaban J connectivity index is 2.94. The van der Waals surface area contributed by atoms with Gasteiger partial charge in [-0.1, -0.05) is 0 Å². The molecule has 2 aromatic heterocycles. The second-order valence-corrected chi connectivity index (χ2v) is 2.05. The number of nitrogen functional groups attached to an aromatic ring is 1. The van der Waals surface area contributed by atoms with Crippen molar-refractivity contribution in [1.82, 2.24) is 30.2 Å². The van der Waals surface area contributed by atoms with Crippen molar-refractivity contribution in [2.75, 3.05) is 5.73 Å². The van der Waals surface area contributed by atoms with Crippen LogP contribution in [0.3, 0.4) is 0 Å². The van der Waals surface area contributed by atoms with Crippen molar-refractivity contribution in [3.63, 3.8) is 0 Å². The minimum absolute atomic E-state index is 0.237. The van der Waals surface area contributed by atoms with Crippen LogP contribution in [0.25, 0.3) is 5.65 Å². The van der Waals surface area contributed by atoms with Crippen LogP contribution in [0.4, 0.5) is 5.82 Å². The van der Waals surface area contributed by atoms with Crippen molar-refractivity contribution in [1.29, 1.82) is 0 Å². The molecular weight excluding hydrogens is 146 g/mol. The average Bonchev–Trinajstić information content (AvgIpc) is 2.35. The average molecular weight is 151 g/mol. The summed E-state index contributed by atoms with van der Waals surface area (Å²) in [5.41, 5.74) is 5.87. The van der Waals surface area contributed by atoms with E-state index in [-0.39, 0.29) is 5.82 Å². The molecule has 2 heterocycles. The molecule has 0 saturated carbocycles. The summed E-state index contributed by atoms with van der Waals surface area (Å²) in [6.45, 7) is 1.76. The summed E-state index contributed by atoms with van der Waals surface area (Å²) in [6, 6.07) is 0. The van der Waals surface area contributed by atoms with Gasteiger partial charge in [0.05, 0.1) is 0 Å². The van der Waals surface area contributed by atoms with E-state index in [9.17, 15) is 0 Å². The molecule has 0 aromatic carbocycles. The highest BCUT2D eigenvalue weighted by Crippen LogP contribution is 2.03. The molecule has 0 amide bonds. The Bertz CT molecular complexity index is 390. The molecule has 11 heavy (non-hydrogen) atoms. The van der Waals surface area contributed by atoms with Gasteiger partial charge in [0.2, 0.25) is 5.65 Å². The summed E-state index contributed by atoms with van der Waals surface area (Å²) >= 11 is 0. The van der Waals surface area contributed by atoms with Gasteiger partial charge in [0.25, 0.3) is 0 Å². The molecule has 0 fully saturated rings. The standard InChI is InChI=1S/C4H5N7/c1-2-6-8-4-3(5)7-9-10-11(2)4/h1H3,(H2,5,7,10). The first-order valence-electron chi connectivity index (χ1n) is 2.96. The van der Waals surface area contributed by atoms with Crippen LogP contribution in [0.5, 0.6) is 0 Å². The van der Waals surface area contributed by atoms with Crippen LogP contribution >= 0.6 is 0 Å². The van der Waals surface area contributed by atoms with Crippen LogP contribution in [-0.4, -0.2) is 30.2 Å². The van der Waals surface area contributed by atoms with Gasteiger partial charge in [-0.25, -0.2) is 0 Å². The lowest BCUT2D eigenvalue weighted by Gasteiger charge is -1.90. The molecule has 2 aromatic rings. The van der Waals surface area contributed by atoms with Gasteiger partial charge < -0.3 is 5.73 Å². The largest absolute Gasteiger partial charge is 0.379 e. The van der Waals surface area contributed by atoms with Crippen molar-refractivity contribution in [3.05, 3.63) is 5.82 Å². The molecule has 0 saturated heterocycles. The molecule has 7 heteroatoms. The minimum Gasteiger partial charge on any atom is -0.379 e. The number of rotatable bonds is 0. The molecule has 0 atom stereocenters. The molecular formula is C4H5N7. The van der Waals surface area contributed by atoms with E-state index in [1.54, 1.807) is 6.92 Å². The van der Waals surface area contributed by atoms with E-state index < -0.39 is 0 Å². The number of fused-ring (bicyclic) bond motifs is 1. The molecule has 0 radical (unpaired) electrons. The molecule has 0 spiro atoms. The zero-order valence-corrected chi connectivity index (χ0v) is 5.76. The van der Waals surface area contributed by atoms with Gasteiger partial charge in [-0.2, -0.15) is 4.52 Å². The predicted molar refractivity (Wildman–Crippen MR) is 35.5 cm³/mol. The van der Waals surface area contributed by atoms with E-state index in [0.717, 1.165) is 0 Å². The van der Waals surface area contributed by atoms with Crippen LogP contribution in [0, 0.1) is 6.92 Å². The highest BCUT2D eigenvalue weighted by molar-refractivity contribution is 5.56. The maximum atomic E-state index is 5.43. The highest BCUT2D eigenvalue weighted by Gasteiger charge is 2.05. The first-order chi connectivity index (χ1) is 5.29. The summed E-state index contributed by atoms with van der Waals surface area (Å²) in [5.74, 6) is 0.877. The van der Waals surface area contributed by atoms with Crippen molar-refractivity contribution in [2.45, 2.75) is 6.92 Å². The van der Waals surface area contributed by atoms with E-state index in [2.05, 4.69) is 25.7 Å². The van der Waals surface area contributed by atoms with Gasteiger partial charge in [0.1, 0.15) is 0 Å². The lowest BCUT2D eigenvalue weighted by molar-refractivity contribution is 0.714. The fourth-order valence-electron chi connectivity index (χ4n) is 0.777. The van der Waals surface area contributed by atoms with E-state index in [4.69, 9.17) is 5.73 Å².